The third-order valence-electron chi connectivity index (χ3n) is 2.93. The monoisotopic (exact) mass is 244 g/mol. The lowest BCUT2D eigenvalue weighted by atomic mass is 10.2. The summed E-state index contributed by atoms with van der Waals surface area (Å²) in [7, 11) is 0. The van der Waals surface area contributed by atoms with Gasteiger partial charge in [0.2, 0.25) is 0 Å². The highest BCUT2D eigenvalue weighted by molar-refractivity contribution is 5.31. The maximum absolute atomic E-state index is 13.5. The van der Waals surface area contributed by atoms with E-state index in [9.17, 15) is 13.9 Å². The fourth-order valence-electron chi connectivity index (χ4n) is 2.01. The molecule has 0 aromatic heterocycles. The molecule has 3 nitrogen and oxygen atoms in total. The summed E-state index contributed by atoms with van der Waals surface area (Å²) in [5, 5.41) is 18.3. The van der Waals surface area contributed by atoms with E-state index >= 15 is 0 Å². The van der Waals surface area contributed by atoms with Crippen LogP contribution in [0.2, 0.25) is 0 Å². The molecule has 1 fully saturated rings. The molecule has 0 spiro atoms. The fourth-order valence-corrected chi connectivity index (χ4v) is 2.01. The van der Waals surface area contributed by atoms with Crippen molar-refractivity contribution < 1.29 is 23.7 Å². The molecule has 1 aliphatic carbocycles. The third-order valence-corrected chi connectivity index (χ3v) is 2.93. The Morgan fingerprint density at radius 3 is 2.35 bits per heavy atom. The summed E-state index contributed by atoms with van der Waals surface area (Å²) < 4.78 is 32.2. The first-order chi connectivity index (χ1) is 8.11. The first-order valence-electron chi connectivity index (χ1n) is 5.55. The molecule has 0 aliphatic heterocycles. The lowest BCUT2D eigenvalue weighted by molar-refractivity contribution is 0.0550. The molecule has 5 heteroatoms. The van der Waals surface area contributed by atoms with Crippen LogP contribution in [-0.4, -0.2) is 22.4 Å². The van der Waals surface area contributed by atoms with E-state index < -0.39 is 36.2 Å². The minimum Gasteiger partial charge on any atom is -0.482 e. The van der Waals surface area contributed by atoms with Crippen LogP contribution in [0.15, 0.2) is 12.1 Å². The smallest absolute Gasteiger partial charge is 0.191 e. The Labute approximate surface area is 97.6 Å². The lowest BCUT2D eigenvalue weighted by Crippen LogP contribution is -2.26. The van der Waals surface area contributed by atoms with Crippen molar-refractivity contribution in [3.05, 3.63) is 29.3 Å². The standard InChI is InChI=1S/C12H14F2O3/c13-8-4-7(6-15)5-9(14)12(8)17-11-3-1-2-10(11)16/h4-5,10-11,15-16H,1-3,6H2. The van der Waals surface area contributed by atoms with E-state index in [4.69, 9.17) is 9.84 Å². The van der Waals surface area contributed by atoms with E-state index in [1.165, 1.54) is 0 Å². The van der Waals surface area contributed by atoms with Crippen LogP contribution in [0.5, 0.6) is 5.75 Å². The van der Waals surface area contributed by atoms with Crippen molar-refractivity contribution in [1.29, 1.82) is 0 Å². The van der Waals surface area contributed by atoms with E-state index in [1.807, 2.05) is 0 Å². The summed E-state index contributed by atoms with van der Waals surface area (Å²) in [6.45, 7) is -0.430. The van der Waals surface area contributed by atoms with E-state index in [0.29, 0.717) is 12.8 Å². The van der Waals surface area contributed by atoms with E-state index in [-0.39, 0.29) is 5.56 Å². The topological polar surface area (TPSA) is 49.7 Å². The van der Waals surface area contributed by atoms with Crippen LogP contribution >= 0.6 is 0 Å². The Morgan fingerprint density at radius 2 is 1.88 bits per heavy atom. The van der Waals surface area contributed by atoms with Gasteiger partial charge in [0.15, 0.2) is 17.4 Å². The van der Waals surface area contributed by atoms with Gasteiger partial charge in [-0.1, -0.05) is 0 Å². The van der Waals surface area contributed by atoms with Gasteiger partial charge < -0.3 is 14.9 Å². The van der Waals surface area contributed by atoms with Crippen LogP contribution in [0.3, 0.4) is 0 Å². The highest BCUT2D eigenvalue weighted by Crippen LogP contribution is 2.29. The summed E-state index contributed by atoms with van der Waals surface area (Å²) in [6, 6.07) is 2.06. The second-order valence-corrected chi connectivity index (χ2v) is 4.20. The number of ether oxygens (including phenoxy) is 1. The molecule has 0 radical (unpaired) electrons. The molecule has 17 heavy (non-hydrogen) atoms. The molecule has 2 atom stereocenters. The van der Waals surface area contributed by atoms with Gasteiger partial charge in [0, 0.05) is 0 Å². The van der Waals surface area contributed by atoms with Crippen LogP contribution in [0.1, 0.15) is 24.8 Å². The van der Waals surface area contributed by atoms with E-state index in [1.54, 1.807) is 0 Å². The molecule has 1 saturated carbocycles. The number of aliphatic hydroxyl groups excluding tert-OH is 2. The zero-order chi connectivity index (χ0) is 12.4. The van der Waals surface area contributed by atoms with Gasteiger partial charge in [0.05, 0.1) is 12.7 Å². The Bertz CT molecular complexity index is 386. The van der Waals surface area contributed by atoms with Crippen molar-refractivity contribution in [3.63, 3.8) is 0 Å². The van der Waals surface area contributed by atoms with Gasteiger partial charge in [-0.05, 0) is 37.0 Å². The van der Waals surface area contributed by atoms with Gasteiger partial charge in [-0.15, -0.1) is 0 Å². The van der Waals surface area contributed by atoms with Crippen molar-refractivity contribution in [2.75, 3.05) is 0 Å². The van der Waals surface area contributed by atoms with Crippen LogP contribution in [0, 0.1) is 11.6 Å². The maximum atomic E-state index is 13.5. The molecule has 0 heterocycles. The summed E-state index contributed by atoms with van der Waals surface area (Å²) >= 11 is 0. The van der Waals surface area contributed by atoms with Crippen LogP contribution < -0.4 is 4.74 Å². The van der Waals surface area contributed by atoms with Crippen LogP contribution in [0.25, 0.3) is 0 Å². The van der Waals surface area contributed by atoms with E-state index in [2.05, 4.69) is 0 Å². The molecule has 0 bridgehead atoms. The number of halogens is 2. The SMILES string of the molecule is OCc1cc(F)c(OC2CCCC2O)c(F)c1. The molecule has 0 amide bonds. The Hall–Kier alpha value is -1.20. The number of hydrogen-bond acceptors (Lipinski definition) is 3. The molecular formula is C12H14F2O3. The average molecular weight is 244 g/mol. The van der Waals surface area contributed by atoms with Gasteiger partial charge >= 0.3 is 0 Å². The van der Waals surface area contributed by atoms with Crippen LogP contribution in [-0.2, 0) is 6.61 Å². The van der Waals surface area contributed by atoms with Gasteiger partial charge in [-0.2, -0.15) is 0 Å². The number of rotatable bonds is 3. The lowest BCUT2D eigenvalue weighted by Gasteiger charge is -2.18. The molecule has 0 saturated heterocycles. The normalized spacial score (nSPS) is 24.0. The summed E-state index contributed by atoms with van der Waals surface area (Å²) in [5.74, 6) is -2.19. The van der Waals surface area contributed by atoms with Crippen molar-refractivity contribution in [3.8, 4) is 5.75 Å². The predicted octanol–water partition coefficient (Wildman–Crippen LogP) is 1.75. The third kappa shape index (κ3) is 2.56. The van der Waals surface area contributed by atoms with Gasteiger partial charge in [0.25, 0.3) is 0 Å². The molecule has 1 aromatic carbocycles. The van der Waals surface area contributed by atoms with Gasteiger partial charge in [0.1, 0.15) is 6.10 Å². The molecule has 94 valence electrons. The maximum Gasteiger partial charge on any atom is 0.191 e. The van der Waals surface area contributed by atoms with Crippen molar-refractivity contribution in [2.45, 2.75) is 38.1 Å². The molecule has 1 aliphatic rings. The number of aliphatic hydroxyl groups is 2. The zero-order valence-corrected chi connectivity index (χ0v) is 9.20. The van der Waals surface area contributed by atoms with E-state index in [0.717, 1.165) is 18.6 Å². The average Bonchev–Trinajstić information content (AvgIpc) is 2.69. The largest absolute Gasteiger partial charge is 0.482 e. The van der Waals surface area contributed by atoms with Crippen molar-refractivity contribution in [1.82, 2.24) is 0 Å². The molecule has 2 N–H and O–H groups in total. The Morgan fingerprint density at radius 1 is 1.24 bits per heavy atom. The summed E-state index contributed by atoms with van der Waals surface area (Å²) in [5.41, 5.74) is 0.152. The molecule has 2 unspecified atom stereocenters. The van der Waals surface area contributed by atoms with Crippen molar-refractivity contribution in [2.24, 2.45) is 0 Å². The quantitative estimate of drug-likeness (QED) is 0.851. The van der Waals surface area contributed by atoms with Gasteiger partial charge in [-0.3, -0.25) is 0 Å². The number of benzene rings is 1. The molecule has 2 rings (SSSR count). The Kier molecular flexibility index (Phi) is 3.59. The second kappa shape index (κ2) is 4.98. The fraction of sp³-hybridized carbons (Fsp3) is 0.500. The molecule has 1 aromatic rings. The highest BCUT2D eigenvalue weighted by atomic mass is 19.1. The summed E-state index contributed by atoms with van der Waals surface area (Å²) in [4.78, 5) is 0. The minimum absolute atomic E-state index is 0.152. The van der Waals surface area contributed by atoms with Crippen molar-refractivity contribution >= 4 is 0 Å². The molecular weight excluding hydrogens is 230 g/mol. The first-order valence-corrected chi connectivity index (χ1v) is 5.55. The van der Waals surface area contributed by atoms with Crippen LogP contribution in [0.4, 0.5) is 8.78 Å². The Balaban J connectivity index is 2.20. The number of hydrogen-bond donors (Lipinski definition) is 2. The first kappa shape index (κ1) is 12.3. The second-order valence-electron chi connectivity index (χ2n) is 4.20. The predicted molar refractivity (Wildman–Crippen MR) is 56.6 cm³/mol. The summed E-state index contributed by atoms with van der Waals surface area (Å²) in [6.07, 6.45) is 0.721. The zero-order valence-electron chi connectivity index (χ0n) is 9.20. The van der Waals surface area contributed by atoms with Gasteiger partial charge in [-0.25, -0.2) is 8.78 Å². The highest BCUT2D eigenvalue weighted by Gasteiger charge is 2.29. The minimum atomic E-state index is -0.854.